The number of ketones is 2. The quantitative estimate of drug-likeness (QED) is 0.0396. The number of unbranched alkanes of at least 4 members (excludes halogenated alkanes) is 22. The maximum atomic E-state index is 13.1. The zero-order valence-electron chi connectivity index (χ0n) is 31.4. The Morgan fingerprint density at radius 3 is 1.18 bits per heavy atom. The minimum absolute atomic E-state index is 0.114. The van der Waals surface area contributed by atoms with Crippen LogP contribution in [0.1, 0.15) is 200 Å². The van der Waals surface area contributed by atoms with Crippen LogP contribution in [-0.2, 0) is 9.59 Å². The first kappa shape index (κ1) is 43.8. The molecule has 0 saturated heterocycles. The average Bonchev–Trinajstić information content (AvgIpc) is 3.00. The molecule has 1 atom stereocenters. The topological polar surface area (TPSA) is 34.1 Å². The van der Waals surface area contributed by atoms with E-state index in [0.717, 1.165) is 36.7 Å². The third-order valence-corrected chi connectivity index (χ3v) is 9.10. The van der Waals surface area contributed by atoms with Gasteiger partial charge in [0, 0.05) is 19.3 Å². The summed E-state index contributed by atoms with van der Waals surface area (Å²) in [5.74, 6) is 0.500. The van der Waals surface area contributed by atoms with Crippen molar-refractivity contribution in [2.24, 2.45) is 5.92 Å². The largest absolute Gasteiger partial charge is 0.330 e. The summed E-state index contributed by atoms with van der Waals surface area (Å²) in [5, 5.41) is 0. The number of hydrogen-bond donors (Lipinski definition) is 0. The Morgan fingerprint density at radius 1 is 0.467 bits per heavy atom. The summed E-state index contributed by atoms with van der Waals surface area (Å²) in [4.78, 5) is 25.9. The Kier molecular flexibility index (Phi) is 31.8. The summed E-state index contributed by atoms with van der Waals surface area (Å²) in [6, 6.07) is 0. The van der Waals surface area contributed by atoms with Gasteiger partial charge in [-0.25, -0.2) is 0 Å². The number of nitrogens with zero attached hydrogens (tertiary/aromatic N) is 1. The summed E-state index contributed by atoms with van der Waals surface area (Å²) in [5.41, 5.74) is 0. The molecule has 0 aliphatic heterocycles. The number of carbonyl (C=O) groups is 2. The van der Waals surface area contributed by atoms with Crippen molar-refractivity contribution < 1.29 is 14.1 Å². The van der Waals surface area contributed by atoms with Gasteiger partial charge < -0.3 is 4.48 Å². The Bertz CT molecular complexity index is 717. The summed E-state index contributed by atoms with van der Waals surface area (Å²) in [6.45, 7) is 5.31. The van der Waals surface area contributed by atoms with E-state index < -0.39 is 0 Å². The van der Waals surface area contributed by atoms with Crippen LogP contribution in [0, 0.1) is 5.92 Å². The van der Waals surface area contributed by atoms with Crippen molar-refractivity contribution in [2.45, 2.75) is 200 Å². The van der Waals surface area contributed by atoms with Crippen molar-refractivity contribution in [3.63, 3.8) is 0 Å². The van der Waals surface area contributed by atoms with E-state index in [0.29, 0.717) is 30.8 Å². The zero-order valence-corrected chi connectivity index (χ0v) is 31.4. The second kappa shape index (κ2) is 32.7. The number of Topliss-reactive ketones (excluding diaryl/α,β-unsaturated/α-hetero) is 2. The molecule has 264 valence electrons. The fourth-order valence-corrected chi connectivity index (χ4v) is 6.29. The molecule has 0 N–H and O–H groups in total. The van der Waals surface area contributed by atoms with E-state index in [-0.39, 0.29) is 5.92 Å². The lowest BCUT2D eigenvalue weighted by Crippen LogP contribution is -2.42. The fourth-order valence-electron chi connectivity index (χ4n) is 6.29. The summed E-state index contributed by atoms with van der Waals surface area (Å²) in [7, 11) is 6.41. The van der Waals surface area contributed by atoms with Crippen molar-refractivity contribution in [3.05, 3.63) is 24.3 Å². The van der Waals surface area contributed by atoms with Crippen LogP contribution in [0.4, 0.5) is 0 Å². The molecule has 3 heteroatoms. The van der Waals surface area contributed by atoms with Gasteiger partial charge in [0.1, 0.15) is 11.6 Å². The third kappa shape index (κ3) is 33.9. The molecule has 0 aromatic heterocycles. The van der Waals surface area contributed by atoms with E-state index in [1.54, 1.807) is 0 Å². The lowest BCUT2D eigenvalue weighted by atomic mass is 9.91. The molecular weight excluding hydrogens is 550 g/mol. The van der Waals surface area contributed by atoms with Gasteiger partial charge in [-0.15, -0.1) is 0 Å². The molecule has 0 aromatic carbocycles. The predicted molar refractivity (Wildman–Crippen MR) is 200 cm³/mol. The van der Waals surface area contributed by atoms with Crippen molar-refractivity contribution >= 4 is 11.6 Å². The number of rotatable bonds is 35. The number of quaternary nitrogens is 1. The van der Waals surface area contributed by atoms with Crippen LogP contribution >= 0.6 is 0 Å². The number of hydrogen-bond acceptors (Lipinski definition) is 2. The van der Waals surface area contributed by atoms with Gasteiger partial charge in [-0.05, 0) is 64.2 Å². The van der Waals surface area contributed by atoms with Gasteiger partial charge in [-0.2, -0.15) is 0 Å². The minimum atomic E-state index is -0.114. The molecule has 0 fully saturated rings. The first-order valence-electron chi connectivity index (χ1n) is 19.9. The standard InChI is InChI=1S/C42H80NO2/c1-6-8-10-12-14-16-18-20-22-24-26-28-30-32-34-36-41(44)38-40(39-43(3,4)5)42(45)37-35-33-31-29-27-25-23-21-19-17-15-13-11-9-7-2/h20-23,40H,6-19,24-39H2,1-5H3/q+1. The van der Waals surface area contributed by atoms with Gasteiger partial charge in [-0.1, -0.05) is 141 Å². The monoisotopic (exact) mass is 631 g/mol. The molecule has 0 bridgehead atoms. The lowest BCUT2D eigenvalue weighted by Gasteiger charge is -2.28. The minimum Gasteiger partial charge on any atom is -0.330 e. The molecular formula is C42H80NO2+. The van der Waals surface area contributed by atoms with Crippen molar-refractivity contribution in [3.8, 4) is 0 Å². The van der Waals surface area contributed by atoms with Gasteiger partial charge in [0.25, 0.3) is 0 Å². The highest BCUT2D eigenvalue weighted by molar-refractivity contribution is 5.88. The van der Waals surface area contributed by atoms with Gasteiger partial charge in [-0.3, -0.25) is 9.59 Å². The Balaban J connectivity index is 3.94. The fraction of sp³-hybridized carbons (Fsp3) is 0.857. The van der Waals surface area contributed by atoms with Crippen LogP contribution in [0.2, 0.25) is 0 Å². The summed E-state index contributed by atoms with van der Waals surface area (Å²) >= 11 is 0. The molecule has 0 rings (SSSR count). The van der Waals surface area contributed by atoms with Crippen LogP contribution in [0.5, 0.6) is 0 Å². The number of allylic oxidation sites excluding steroid dienone is 4. The maximum Gasteiger partial charge on any atom is 0.142 e. The molecule has 45 heavy (non-hydrogen) atoms. The summed E-state index contributed by atoms with van der Waals surface area (Å²) in [6.07, 6.45) is 44.3. The molecule has 1 unspecified atom stereocenters. The normalized spacial score (nSPS) is 12.9. The van der Waals surface area contributed by atoms with E-state index in [9.17, 15) is 9.59 Å². The first-order valence-corrected chi connectivity index (χ1v) is 19.9. The Labute approximate surface area is 283 Å². The maximum absolute atomic E-state index is 13.1. The van der Waals surface area contributed by atoms with Crippen LogP contribution in [0.25, 0.3) is 0 Å². The lowest BCUT2D eigenvalue weighted by molar-refractivity contribution is -0.872. The molecule has 0 aromatic rings. The van der Waals surface area contributed by atoms with E-state index in [1.165, 1.54) is 141 Å². The van der Waals surface area contributed by atoms with E-state index in [1.807, 2.05) is 0 Å². The molecule has 0 aliphatic rings. The average molecular weight is 631 g/mol. The third-order valence-electron chi connectivity index (χ3n) is 9.10. The number of carbonyl (C=O) groups excluding carboxylic acids is 2. The Morgan fingerprint density at radius 2 is 0.800 bits per heavy atom. The van der Waals surface area contributed by atoms with Crippen LogP contribution in [0.15, 0.2) is 24.3 Å². The second-order valence-electron chi connectivity index (χ2n) is 15.0. The van der Waals surface area contributed by atoms with Crippen molar-refractivity contribution in [1.29, 1.82) is 0 Å². The highest BCUT2D eigenvalue weighted by Gasteiger charge is 2.27. The molecule has 0 heterocycles. The summed E-state index contributed by atoms with van der Waals surface area (Å²) < 4.78 is 0.740. The molecule has 0 radical (unpaired) electrons. The molecule has 0 amide bonds. The van der Waals surface area contributed by atoms with E-state index >= 15 is 0 Å². The van der Waals surface area contributed by atoms with E-state index in [4.69, 9.17) is 0 Å². The molecule has 0 saturated carbocycles. The molecule has 0 spiro atoms. The SMILES string of the molecule is CCCCCCCCC=CCCCCCCCC(=O)CC(C[N+](C)(C)C)C(=O)CCCCCCCC=CCCCCCCCC. The smallest absolute Gasteiger partial charge is 0.142 e. The first-order chi connectivity index (χ1) is 21.8. The van der Waals surface area contributed by atoms with Crippen LogP contribution in [0.3, 0.4) is 0 Å². The predicted octanol–water partition coefficient (Wildman–Crippen LogP) is 12.9. The highest BCUT2D eigenvalue weighted by atomic mass is 16.1. The molecule has 3 nitrogen and oxygen atoms in total. The van der Waals surface area contributed by atoms with Crippen LogP contribution < -0.4 is 0 Å². The molecule has 0 aliphatic carbocycles. The second-order valence-corrected chi connectivity index (χ2v) is 15.0. The van der Waals surface area contributed by atoms with Crippen molar-refractivity contribution in [1.82, 2.24) is 0 Å². The highest BCUT2D eigenvalue weighted by Crippen LogP contribution is 2.18. The van der Waals surface area contributed by atoms with Crippen molar-refractivity contribution in [2.75, 3.05) is 27.7 Å². The zero-order chi connectivity index (χ0) is 33.3. The Hall–Kier alpha value is -1.22. The van der Waals surface area contributed by atoms with Gasteiger partial charge in [0.15, 0.2) is 0 Å². The van der Waals surface area contributed by atoms with Crippen LogP contribution in [-0.4, -0.2) is 43.7 Å². The van der Waals surface area contributed by atoms with Gasteiger partial charge in [0.05, 0.1) is 33.6 Å². The van der Waals surface area contributed by atoms with E-state index in [2.05, 4.69) is 59.3 Å². The van der Waals surface area contributed by atoms with Gasteiger partial charge >= 0.3 is 0 Å². The van der Waals surface area contributed by atoms with Gasteiger partial charge in [0.2, 0.25) is 0 Å².